The molecule has 0 bridgehead atoms. The summed E-state index contributed by atoms with van der Waals surface area (Å²) in [6.07, 6.45) is 1.83. The zero-order valence-corrected chi connectivity index (χ0v) is 15.5. The predicted octanol–water partition coefficient (Wildman–Crippen LogP) is 1.70. The molecule has 1 aromatic heterocycles. The van der Waals surface area contributed by atoms with Crippen LogP contribution in [0.2, 0.25) is 0 Å². The van der Waals surface area contributed by atoms with Crippen LogP contribution in [0.4, 0.5) is 10.2 Å². The summed E-state index contributed by atoms with van der Waals surface area (Å²) in [5.41, 5.74) is 5.70. The highest BCUT2D eigenvalue weighted by Gasteiger charge is 2.32. The van der Waals surface area contributed by atoms with E-state index in [4.69, 9.17) is 10.5 Å². The van der Waals surface area contributed by atoms with E-state index >= 15 is 0 Å². The van der Waals surface area contributed by atoms with E-state index in [0.717, 1.165) is 6.42 Å². The Bertz CT molecular complexity index is 803. The second-order valence-corrected chi connectivity index (χ2v) is 6.76. The first-order valence-corrected chi connectivity index (χ1v) is 8.91. The van der Waals surface area contributed by atoms with Crippen LogP contribution in [0.1, 0.15) is 19.2 Å². The molecular formula is C19H24FN5O2. The molecule has 1 aliphatic rings. The van der Waals surface area contributed by atoms with E-state index in [1.165, 1.54) is 12.1 Å². The topological polar surface area (TPSA) is 84.6 Å². The number of hydrogen-bond donors (Lipinski definition) is 1. The summed E-state index contributed by atoms with van der Waals surface area (Å²) in [6, 6.07) is 7.67. The van der Waals surface area contributed by atoms with Gasteiger partial charge in [-0.1, -0.05) is 6.07 Å². The van der Waals surface area contributed by atoms with Gasteiger partial charge in [-0.3, -0.25) is 9.69 Å². The van der Waals surface area contributed by atoms with E-state index in [0.29, 0.717) is 37.0 Å². The van der Waals surface area contributed by atoms with Gasteiger partial charge in [-0.25, -0.2) is 14.4 Å². The predicted molar refractivity (Wildman–Crippen MR) is 99.4 cm³/mol. The monoisotopic (exact) mass is 373 g/mol. The maximum Gasteiger partial charge on any atom is 0.263 e. The van der Waals surface area contributed by atoms with E-state index in [1.807, 2.05) is 7.05 Å². The summed E-state index contributed by atoms with van der Waals surface area (Å²) in [5, 5.41) is 0. The molecule has 3 rings (SSSR count). The Labute approximate surface area is 158 Å². The van der Waals surface area contributed by atoms with Gasteiger partial charge in [0.1, 0.15) is 23.2 Å². The molecule has 0 aliphatic carbocycles. The molecule has 1 saturated heterocycles. The average molecular weight is 373 g/mol. The molecule has 144 valence electrons. The van der Waals surface area contributed by atoms with Crippen molar-refractivity contribution in [2.75, 3.05) is 25.9 Å². The van der Waals surface area contributed by atoms with Crippen molar-refractivity contribution in [3.8, 4) is 5.75 Å². The van der Waals surface area contributed by atoms with E-state index in [-0.39, 0.29) is 11.9 Å². The molecule has 2 heterocycles. The second kappa shape index (κ2) is 8.30. The van der Waals surface area contributed by atoms with Gasteiger partial charge in [0, 0.05) is 31.4 Å². The SMILES string of the molecule is C[C@@H](Oc1cccc(F)c1)C(=O)N1CC[C@H](N(C)Cc2nccc(N)n2)C1. The fourth-order valence-corrected chi connectivity index (χ4v) is 3.20. The van der Waals surface area contributed by atoms with Crippen molar-refractivity contribution in [2.45, 2.75) is 32.0 Å². The van der Waals surface area contributed by atoms with Crippen LogP contribution in [0, 0.1) is 5.82 Å². The number of nitrogens with two attached hydrogens (primary N) is 1. The summed E-state index contributed by atoms with van der Waals surface area (Å²) >= 11 is 0. The lowest BCUT2D eigenvalue weighted by atomic mass is 10.2. The number of ether oxygens (including phenoxy) is 1. The number of carbonyl (C=O) groups is 1. The van der Waals surface area contributed by atoms with Crippen molar-refractivity contribution in [3.05, 3.63) is 48.2 Å². The third-order valence-electron chi connectivity index (χ3n) is 4.67. The number of nitrogens with zero attached hydrogens (tertiary/aromatic N) is 4. The number of carbonyl (C=O) groups excluding carboxylic acids is 1. The number of halogens is 1. The standard InChI is InChI=1S/C19H24FN5O2/c1-13(27-16-5-3-4-14(20)10-16)19(26)25-9-7-15(11-25)24(2)12-18-22-8-6-17(21)23-18/h3-6,8,10,13,15H,7,9,11-12H2,1-2H3,(H2,21,22,23)/t13-,15+/m1/s1. The number of anilines is 1. The van der Waals surface area contributed by atoms with Crippen molar-refractivity contribution in [2.24, 2.45) is 0 Å². The molecule has 0 radical (unpaired) electrons. The molecule has 1 fully saturated rings. The number of aromatic nitrogens is 2. The summed E-state index contributed by atoms with van der Waals surface area (Å²) in [4.78, 5) is 25.0. The second-order valence-electron chi connectivity index (χ2n) is 6.76. The van der Waals surface area contributed by atoms with Gasteiger partial charge < -0.3 is 15.4 Å². The maximum absolute atomic E-state index is 13.3. The molecule has 1 aliphatic heterocycles. The Morgan fingerprint density at radius 1 is 1.48 bits per heavy atom. The Balaban J connectivity index is 1.54. The average Bonchev–Trinajstić information content (AvgIpc) is 3.11. The highest BCUT2D eigenvalue weighted by molar-refractivity contribution is 5.81. The molecule has 0 unspecified atom stereocenters. The van der Waals surface area contributed by atoms with Gasteiger partial charge in [-0.2, -0.15) is 0 Å². The van der Waals surface area contributed by atoms with Crippen molar-refractivity contribution in [1.82, 2.24) is 19.8 Å². The number of likely N-dealkylation sites (N-methyl/N-ethyl adjacent to an activating group) is 1. The molecule has 1 aromatic carbocycles. The lowest BCUT2D eigenvalue weighted by Crippen LogP contribution is -2.41. The van der Waals surface area contributed by atoms with Crippen LogP contribution in [-0.4, -0.2) is 58.0 Å². The summed E-state index contributed by atoms with van der Waals surface area (Å²) in [6.45, 7) is 3.51. The third-order valence-corrected chi connectivity index (χ3v) is 4.67. The van der Waals surface area contributed by atoms with Crippen LogP contribution in [0.3, 0.4) is 0 Å². The molecule has 1 amide bonds. The Morgan fingerprint density at radius 2 is 2.30 bits per heavy atom. The largest absolute Gasteiger partial charge is 0.481 e. The highest BCUT2D eigenvalue weighted by atomic mass is 19.1. The van der Waals surface area contributed by atoms with Gasteiger partial charge >= 0.3 is 0 Å². The Morgan fingerprint density at radius 3 is 3.04 bits per heavy atom. The molecule has 2 aromatic rings. The van der Waals surface area contributed by atoms with Gasteiger partial charge in [-0.05, 0) is 38.6 Å². The van der Waals surface area contributed by atoms with Gasteiger partial charge in [0.2, 0.25) is 0 Å². The molecule has 0 spiro atoms. The van der Waals surface area contributed by atoms with E-state index < -0.39 is 11.9 Å². The third kappa shape index (κ3) is 4.91. The minimum atomic E-state index is -0.673. The quantitative estimate of drug-likeness (QED) is 0.830. The number of benzene rings is 1. The lowest BCUT2D eigenvalue weighted by molar-refractivity contribution is -0.137. The van der Waals surface area contributed by atoms with Gasteiger partial charge in [-0.15, -0.1) is 0 Å². The smallest absolute Gasteiger partial charge is 0.263 e. The van der Waals surface area contributed by atoms with Crippen LogP contribution in [0.15, 0.2) is 36.5 Å². The first-order valence-electron chi connectivity index (χ1n) is 8.91. The number of nitrogen functional groups attached to an aromatic ring is 1. The van der Waals surface area contributed by atoms with E-state index in [1.54, 1.807) is 36.2 Å². The zero-order chi connectivity index (χ0) is 19.4. The minimum Gasteiger partial charge on any atom is -0.481 e. The highest BCUT2D eigenvalue weighted by Crippen LogP contribution is 2.19. The Kier molecular flexibility index (Phi) is 5.85. The van der Waals surface area contributed by atoms with Crippen LogP contribution in [-0.2, 0) is 11.3 Å². The van der Waals surface area contributed by atoms with Crippen molar-refractivity contribution in [3.63, 3.8) is 0 Å². The molecule has 8 heteroatoms. The fourth-order valence-electron chi connectivity index (χ4n) is 3.20. The number of rotatable bonds is 6. The summed E-state index contributed by atoms with van der Waals surface area (Å²) in [7, 11) is 1.98. The normalized spacial score (nSPS) is 17.9. The summed E-state index contributed by atoms with van der Waals surface area (Å²) < 4.78 is 18.9. The van der Waals surface area contributed by atoms with Crippen molar-refractivity contribution < 1.29 is 13.9 Å². The number of hydrogen-bond acceptors (Lipinski definition) is 6. The molecule has 7 nitrogen and oxygen atoms in total. The van der Waals surface area contributed by atoms with Crippen molar-refractivity contribution in [1.29, 1.82) is 0 Å². The zero-order valence-electron chi connectivity index (χ0n) is 15.5. The number of amides is 1. The minimum absolute atomic E-state index is 0.102. The van der Waals surface area contributed by atoms with E-state index in [2.05, 4.69) is 14.9 Å². The van der Waals surface area contributed by atoms with Crippen LogP contribution in [0.25, 0.3) is 0 Å². The first kappa shape index (κ1) is 19.0. The molecule has 2 N–H and O–H groups in total. The fraction of sp³-hybridized carbons (Fsp3) is 0.421. The van der Waals surface area contributed by atoms with Crippen molar-refractivity contribution >= 4 is 11.7 Å². The van der Waals surface area contributed by atoms with E-state index in [9.17, 15) is 9.18 Å². The van der Waals surface area contributed by atoms with Crippen LogP contribution >= 0.6 is 0 Å². The van der Waals surface area contributed by atoms with Gasteiger partial charge in [0.05, 0.1) is 6.54 Å². The maximum atomic E-state index is 13.3. The van der Waals surface area contributed by atoms with Crippen LogP contribution in [0.5, 0.6) is 5.75 Å². The molecule has 0 saturated carbocycles. The number of likely N-dealkylation sites (tertiary alicyclic amines) is 1. The summed E-state index contributed by atoms with van der Waals surface area (Å²) in [5.74, 6) is 0.960. The molecular weight excluding hydrogens is 349 g/mol. The Hall–Kier alpha value is -2.74. The molecule has 2 atom stereocenters. The first-order chi connectivity index (χ1) is 12.9. The van der Waals surface area contributed by atoms with Gasteiger partial charge in [0.15, 0.2) is 6.10 Å². The van der Waals surface area contributed by atoms with Gasteiger partial charge in [0.25, 0.3) is 5.91 Å². The van der Waals surface area contributed by atoms with Crippen LogP contribution < -0.4 is 10.5 Å². The molecule has 27 heavy (non-hydrogen) atoms. The lowest BCUT2D eigenvalue weighted by Gasteiger charge is -2.25.